The number of hydrogen-bond acceptors (Lipinski definition) is 3. The lowest BCUT2D eigenvalue weighted by molar-refractivity contribution is -0.147. The number of rotatable bonds is 6. The molecule has 0 amide bonds. The van der Waals surface area contributed by atoms with Crippen molar-refractivity contribution in [1.29, 1.82) is 0 Å². The predicted molar refractivity (Wildman–Crippen MR) is 70.6 cm³/mol. The van der Waals surface area contributed by atoms with Crippen LogP contribution in [0.3, 0.4) is 0 Å². The SMILES string of the molecule is CCOc1ccc(C(N)CC(C)(C)C(=O)O)cc1. The van der Waals surface area contributed by atoms with Crippen LogP contribution in [0.5, 0.6) is 5.75 Å². The fraction of sp³-hybridized carbons (Fsp3) is 0.500. The second-order valence-corrected chi connectivity index (χ2v) is 5.00. The minimum atomic E-state index is -0.830. The molecule has 3 N–H and O–H groups in total. The lowest BCUT2D eigenvalue weighted by atomic mass is 9.84. The van der Waals surface area contributed by atoms with Gasteiger partial charge in [0.2, 0.25) is 0 Å². The summed E-state index contributed by atoms with van der Waals surface area (Å²) in [6.45, 7) is 5.92. The molecule has 0 spiro atoms. The lowest BCUT2D eigenvalue weighted by Crippen LogP contribution is -2.28. The molecule has 0 bridgehead atoms. The van der Waals surface area contributed by atoms with Gasteiger partial charge < -0.3 is 15.6 Å². The smallest absolute Gasteiger partial charge is 0.309 e. The molecule has 4 nitrogen and oxygen atoms in total. The first-order chi connectivity index (χ1) is 8.36. The third kappa shape index (κ3) is 3.74. The predicted octanol–water partition coefficient (Wildman–Crippen LogP) is 2.59. The Morgan fingerprint density at radius 3 is 2.39 bits per heavy atom. The first kappa shape index (κ1) is 14.5. The highest BCUT2D eigenvalue weighted by Crippen LogP contribution is 2.29. The summed E-state index contributed by atoms with van der Waals surface area (Å²) in [5, 5.41) is 9.08. The first-order valence-corrected chi connectivity index (χ1v) is 6.08. The van der Waals surface area contributed by atoms with Gasteiger partial charge in [0, 0.05) is 6.04 Å². The number of ether oxygens (including phenoxy) is 1. The zero-order valence-corrected chi connectivity index (χ0v) is 11.1. The highest BCUT2D eigenvalue weighted by Gasteiger charge is 2.29. The van der Waals surface area contributed by atoms with E-state index in [1.165, 1.54) is 0 Å². The molecule has 0 aliphatic rings. The summed E-state index contributed by atoms with van der Waals surface area (Å²) in [7, 11) is 0. The topological polar surface area (TPSA) is 72.5 Å². The van der Waals surface area contributed by atoms with E-state index < -0.39 is 11.4 Å². The second kappa shape index (κ2) is 5.87. The molecule has 1 atom stereocenters. The van der Waals surface area contributed by atoms with Crippen molar-refractivity contribution in [2.45, 2.75) is 33.2 Å². The van der Waals surface area contributed by atoms with Crippen molar-refractivity contribution < 1.29 is 14.6 Å². The molecule has 1 aromatic carbocycles. The highest BCUT2D eigenvalue weighted by atomic mass is 16.5. The summed E-state index contributed by atoms with van der Waals surface area (Å²) in [5.74, 6) is -0.0326. The van der Waals surface area contributed by atoms with Gasteiger partial charge in [-0.1, -0.05) is 12.1 Å². The number of aliphatic carboxylic acids is 1. The third-order valence-corrected chi connectivity index (χ3v) is 2.93. The zero-order chi connectivity index (χ0) is 13.8. The van der Waals surface area contributed by atoms with Gasteiger partial charge in [-0.25, -0.2) is 0 Å². The van der Waals surface area contributed by atoms with Gasteiger partial charge in [0.1, 0.15) is 5.75 Å². The van der Waals surface area contributed by atoms with Gasteiger partial charge in [0.05, 0.1) is 12.0 Å². The molecule has 4 heteroatoms. The molecule has 0 fully saturated rings. The molecule has 1 rings (SSSR count). The van der Waals surface area contributed by atoms with E-state index in [-0.39, 0.29) is 6.04 Å². The minimum Gasteiger partial charge on any atom is -0.494 e. The van der Waals surface area contributed by atoms with Gasteiger partial charge in [-0.2, -0.15) is 0 Å². The van der Waals surface area contributed by atoms with Crippen LogP contribution in [0.4, 0.5) is 0 Å². The van der Waals surface area contributed by atoms with Crippen molar-refractivity contribution in [3.8, 4) is 5.75 Å². The molecule has 0 saturated heterocycles. The number of carboxylic acid groups (broad SMARTS) is 1. The summed E-state index contributed by atoms with van der Waals surface area (Å²) >= 11 is 0. The largest absolute Gasteiger partial charge is 0.494 e. The Kier molecular flexibility index (Phi) is 4.73. The number of benzene rings is 1. The summed E-state index contributed by atoms with van der Waals surface area (Å²) in [6, 6.07) is 7.19. The van der Waals surface area contributed by atoms with Crippen LogP contribution < -0.4 is 10.5 Å². The number of hydrogen-bond donors (Lipinski definition) is 2. The van der Waals surface area contributed by atoms with E-state index in [0.717, 1.165) is 11.3 Å². The van der Waals surface area contributed by atoms with E-state index in [9.17, 15) is 4.79 Å². The van der Waals surface area contributed by atoms with Crippen LogP contribution in [0.15, 0.2) is 24.3 Å². The maximum absolute atomic E-state index is 11.1. The number of carbonyl (C=O) groups is 1. The van der Waals surface area contributed by atoms with E-state index in [0.29, 0.717) is 13.0 Å². The van der Waals surface area contributed by atoms with Crippen molar-refractivity contribution in [2.24, 2.45) is 11.1 Å². The number of nitrogens with two attached hydrogens (primary N) is 1. The molecule has 0 saturated carbocycles. The van der Waals surface area contributed by atoms with Crippen LogP contribution in [0, 0.1) is 5.41 Å². The average molecular weight is 251 g/mol. The molecule has 0 aromatic heterocycles. The summed E-state index contributed by atoms with van der Waals surface area (Å²) in [5.41, 5.74) is 6.14. The molecule has 0 aliphatic heterocycles. The quantitative estimate of drug-likeness (QED) is 0.815. The summed E-state index contributed by atoms with van der Waals surface area (Å²) in [6.07, 6.45) is 0.399. The van der Waals surface area contributed by atoms with Gasteiger partial charge in [-0.15, -0.1) is 0 Å². The summed E-state index contributed by atoms with van der Waals surface area (Å²) in [4.78, 5) is 11.1. The average Bonchev–Trinajstić information content (AvgIpc) is 2.29. The Labute approximate surface area is 108 Å². The Morgan fingerprint density at radius 1 is 1.39 bits per heavy atom. The van der Waals surface area contributed by atoms with Crippen LogP contribution in [0.2, 0.25) is 0 Å². The highest BCUT2D eigenvalue weighted by molar-refractivity contribution is 5.73. The molecule has 100 valence electrons. The molecule has 0 radical (unpaired) electrons. The summed E-state index contributed by atoms with van der Waals surface area (Å²) < 4.78 is 5.34. The molecule has 18 heavy (non-hydrogen) atoms. The van der Waals surface area contributed by atoms with Crippen LogP contribution in [0.25, 0.3) is 0 Å². The Hall–Kier alpha value is -1.55. The molecule has 0 aliphatic carbocycles. The normalized spacial score (nSPS) is 13.1. The van der Waals surface area contributed by atoms with Gasteiger partial charge in [-0.05, 0) is 44.9 Å². The van der Waals surface area contributed by atoms with E-state index in [2.05, 4.69) is 0 Å². The van der Waals surface area contributed by atoms with E-state index in [1.807, 2.05) is 31.2 Å². The van der Waals surface area contributed by atoms with Crippen molar-refractivity contribution in [1.82, 2.24) is 0 Å². The second-order valence-electron chi connectivity index (χ2n) is 5.00. The van der Waals surface area contributed by atoms with Crippen LogP contribution in [0.1, 0.15) is 38.8 Å². The minimum absolute atomic E-state index is 0.285. The van der Waals surface area contributed by atoms with Gasteiger partial charge in [0.25, 0.3) is 0 Å². The van der Waals surface area contributed by atoms with Crippen molar-refractivity contribution in [3.05, 3.63) is 29.8 Å². The Balaban J connectivity index is 2.72. The zero-order valence-electron chi connectivity index (χ0n) is 11.1. The van der Waals surface area contributed by atoms with Crippen LogP contribution in [-0.4, -0.2) is 17.7 Å². The lowest BCUT2D eigenvalue weighted by Gasteiger charge is -2.23. The standard InChI is InChI=1S/C14H21NO3/c1-4-18-11-7-5-10(6-8-11)12(15)9-14(2,3)13(16)17/h5-8,12H,4,9,15H2,1-3H3,(H,16,17). The van der Waals surface area contributed by atoms with Gasteiger partial charge in [0.15, 0.2) is 0 Å². The van der Waals surface area contributed by atoms with E-state index >= 15 is 0 Å². The van der Waals surface area contributed by atoms with Crippen LogP contribution in [-0.2, 0) is 4.79 Å². The fourth-order valence-corrected chi connectivity index (χ4v) is 1.73. The van der Waals surface area contributed by atoms with Crippen molar-refractivity contribution in [3.63, 3.8) is 0 Å². The third-order valence-electron chi connectivity index (χ3n) is 2.93. The molecular formula is C14H21NO3. The number of carboxylic acids is 1. The maximum Gasteiger partial charge on any atom is 0.309 e. The van der Waals surface area contributed by atoms with E-state index in [1.54, 1.807) is 13.8 Å². The van der Waals surface area contributed by atoms with E-state index in [4.69, 9.17) is 15.6 Å². The van der Waals surface area contributed by atoms with Gasteiger partial charge in [-0.3, -0.25) is 4.79 Å². The maximum atomic E-state index is 11.1. The monoisotopic (exact) mass is 251 g/mol. The van der Waals surface area contributed by atoms with Crippen LogP contribution >= 0.6 is 0 Å². The molecule has 1 unspecified atom stereocenters. The fourth-order valence-electron chi connectivity index (χ4n) is 1.73. The Bertz CT molecular complexity index is 398. The molecular weight excluding hydrogens is 230 g/mol. The first-order valence-electron chi connectivity index (χ1n) is 6.08. The van der Waals surface area contributed by atoms with Gasteiger partial charge >= 0.3 is 5.97 Å². The molecule has 1 aromatic rings. The Morgan fingerprint density at radius 2 is 1.94 bits per heavy atom. The molecule has 0 heterocycles. The van der Waals surface area contributed by atoms with Crippen molar-refractivity contribution in [2.75, 3.05) is 6.61 Å². The van der Waals surface area contributed by atoms with Crippen molar-refractivity contribution >= 4 is 5.97 Å².